The maximum absolute atomic E-state index is 12.7. The molecule has 0 spiro atoms. The van der Waals surface area contributed by atoms with Gasteiger partial charge in [0.1, 0.15) is 11.8 Å². The third-order valence-electron chi connectivity index (χ3n) is 4.10. The molecule has 0 fully saturated rings. The molecule has 1 aromatic heterocycles. The van der Waals surface area contributed by atoms with Crippen LogP contribution in [0.3, 0.4) is 0 Å². The molecule has 0 bridgehead atoms. The quantitative estimate of drug-likeness (QED) is 0.752. The molecular formula is C19H23N3O4S. The van der Waals surface area contributed by atoms with Crippen molar-refractivity contribution in [2.45, 2.75) is 46.2 Å². The number of thioether (sulfide) groups is 1. The van der Waals surface area contributed by atoms with Crippen molar-refractivity contribution in [2.24, 2.45) is 4.99 Å². The Morgan fingerprint density at radius 3 is 2.85 bits per heavy atom. The first-order valence-electron chi connectivity index (χ1n) is 8.86. The van der Waals surface area contributed by atoms with Crippen LogP contribution in [0.2, 0.25) is 0 Å². The van der Waals surface area contributed by atoms with Crippen LogP contribution >= 0.6 is 11.8 Å². The molecular weight excluding hydrogens is 366 g/mol. The van der Waals surface area contributed by atoms with Crippen LogP contribution in [-0.2, 0) is 14.3 Å². The van der Waals surface area contributed by atoms with Crippen LogP contribution in [0.1, 0.15) is 45.9 Å². The first-order chi connectivity index (χ1) is 12.9. The number of amides is 1. The zero-order valence-corrected chi connectivity index (χ0v) is 16.6. The molecule has 3 rings (SSSR count). The van der Waals surface area contributed by atoms with Gasteiger partial charge in [-0.2, -0.15) is 0 Å². The lowest BCUT2D eigenvalue weighted by atomic mass is 9.99. The maximum atomic E-state index is 12.7. The lowest BCUT2D eigenvalue weighted by molar-refractivity contribution is -0.139. The fraction of sp³-hybridized carbons (Fsp3) is 0.421. The number of rotatable bonds is 6. The van der Waals surface area contributed by atoms with Crippen LogP contribution in [0.25, 0.3) is 0 Å². The molecule has 1 atom stereocenters. The minimum absolute atomic E-state index is 0.0553. The van der Waals surface area contributed by atoms with Crippen molar-refractivity contribution in [3.05, 3.63) is 46.5 Å². The van der Waals surface area contributed by atoms with Gasteiger partial charge < -0.3 is 19.4 Å². The molecule has 0 aliphatic carbocycles. The van der Waals surface area contributed by atoms with Crippen molar-refractivity contribution in [1.82, 2.24) is 10.2 Å². The van der Waals surface area contributed by atoms with Gasteiger partial charge in [-0.05, 0) is 45.2 Å². The highest BCUT2D eigenvalue weighted by Crippen LogP contribution is 2.44. The summed E-state index contributed by atoms with van der Waals surface area (Å²) in [5, 5.41) is 5.51. The van der Waals surface area contributed by atoms with Gasteiger partial charge in [0.05, 0.1) is 30.6 Å². The standard InChI is InChI=1S/C19H23N3O4S/c1-5-25-18(24)16-12(4)21-19-22(17(16)14-7-6-8-26-14)13(10-27-19)9-15(23)20-11(2)3/h6-8,10-11,17H,5,9H2,1-4H3,(H,20,23). The monoisotopic (exact) mass is 389 g/mol. The van der Waals surface area contributed by atoms with Crippen LogP contribution in [0.15, 0.2) is 50.2 Å². The summed E-state index contributed by atoms with van der Waals surface area (Å²) in [7, 11) is 0. The average Bonchev–Trinajstić information content (AvgIpc) is 3.23. The average molecular weight is 389 g/mol. The number of aliphatic imine (C=N–C) groups is 1. The number of esters is 1. The molecule has 0 radical (unpaired) electrons. The number of furan rings is 1. The van der Waals surface area contributed by atoms with Crippen LogP contribution in [-0.4, -0.2) is 34.6 Å². The van der Waals surface area contributed by atoms with Crippen molar-refractivity contribution >= 4 is 28.8 Å². The van der Waals surface area contributed by atoms with Crippen molar-refractivity contribution in [3.8, 4) is 0 Å². The summed E-state index contributed by atoms with van der Waals surface area (Å²) < 4.78 is 10.9. The summed E-state index contributed by atoms with van der Waals surface area (Å²) in [5.74, 6) is 0.0878. The lowest BCUT2D eigenvalue weighted by Crippen LogP contribution is -2.38. The number of hydrogen-bond acceptors (Lipinski definition) is 7. The molecule has 1 aromatic rings. The number of nitrogens with one attached hydrogen (secondary N) is 1. The first-order valence-corrected chi connectivity index (χ1v) is 9.74. The number of fused-ring (bicyclic) bond motifs is 1. The second-order valence-electron chi connectivity index (χ2n) is 6.53. The highest BCUT2D eigenvalue weighted by Gasteiger charge is 2.42. The Morgan fingerprint density at radius 2 is 2.22 bits per heavy atom. The van der Waals surface area contributed by atoms with E-state index in [1.807, 2.05) is 30.2 Å². The molecule has 2 aliphatic heterocycles. The smallest absolute Gasteiger partial charge is 0.338 e. The Labute approximate surface area is 162 Å². The lowest BCUT2D eigenvalue weighted by Gasteiger charge is -2.34. The molecule has 0 saturated heterocycles. The molecule has 7 nitrogen and oxygen atoms in total. The molecule has 2 aliphatic rings. The molecule has 27 heavy (non-hydrogen) atoms. The van der Waals surface area contributed by atoms with E-state index < -0.39 is 12.0 Å². The summed E-state index contributed by atoms with van der Waals surface area (Å²) in [6.45, 7) is 7.66. The molecule has 1 unspecified atom stereocenters. The molecule has 3 heterocycles. The van der Waals surface area contributed by atoms with Gasteiger partial charge in [0.15, 0.2) is 5.17 Å². The van der Waals surface area contributed by atoms with E-state index in [4.69, 9.17) is 9.15 Å². The molecule has 0 aromatic carbocycles. The Balaban J connectivity index is 1.97. The fourth-order valence-electron chi connectivity index (χ4n) is 3.09. The normalized spacial score (nSPS) is 19.0. The molecule has 1 N–H and O–H groups in total. The Hall–Kier alpha value is -2.48. The Bertz CT molecular complexity index is 824. The minimum Gasteiger partial charge on any atom is -0.467 e. The van der Waals surface area contributed by atoms with E-state index >= 15 is 0 Å². The van der Waals surface area contributed by atoms with Crippen LogP contribution in [0.5, 0.6) is 0 Å². The number of ether oxygens (including phenoxy) is 1. The largest absolute Gasteiger partial charge is 0.467 e. The number of carbonyl (C=O) groups excluding carboxylic acids is 2. The van der Waals surface area contributed by atoms with Crippen LogP contribution in [0.4, 0.5) is 0 Å². The van der Waals surface area contributed by atoms with E-state index in [9.17, 15) is 9.59 Å². The van der Waals surface area contributed by atoms with Gasteiger partial charge in [0.2, 0.25) is 5.91 Å². The number of amidine groups is 1. The van der Waals surface area contributed by atoms with Crippen LogP contribution < -0.4 is 5.32 Å². The molecule has 8 heteroatoms. The number of carbonyl (C=O) groups is 2. The fourth-order valence-corrected chi connectivity index (χ4v) is 4.06. The van der Waals surface area contributed by atoms with E-state index in [1.54, 1.807) is 26.2 Å². The Morgan fingerprint density at radius 1 is 1.44 bits per heavy atom. The number of allylic oxidation sites excluding steroid dienone is 1. The highest BCUT2D eigenvalue weighted by molar-refractivity contribution is 8.16. The van der Waals surface area contributed by atoms with E-state index in [-0.39, 0.29) is 25.0 Å². The summed E-state index contributed by atoms with van der Waals surface area (Å²) >= 11 is 1.43. The van der Waals surface area contributed by atoms with Gasteiger partial charge in [-0.3, -0.25) is 4.79 Å². The van der Waals surface area contributed by atoms with Gasteiger partial charge in [-0.15, -0.1) is 0 Å². The van der Waals surface area contributed by atoms with E-state index in [0.717, 1.165) is 5.70 Å². The zero-order chi connectivity index (χ0) is 19.6. The Kier molecular flexibility index (Phi) is 5.74. The van der Waals surface area contributed by atoms with E-state index in [0.29, 0.717) is 22.2 Å². The zero-order valence-electron chi connectivity index (χ0n) is 15.8. The predicted octanol–water partition coefficient (Wildman–Crippen LogP) is 3.33. The molecule has 144 valence electrons. The first kappa shape index (κ1) is 19.3. The SMILES string of the molecule is CCOC(=O)C1=C(C)N=C2SC=C(CC(=O)NC(C)C)N2C1c1ccco1. The van der Waals surface area contributed by atoms with Crippen molar-refractivity contribution < 1.29 is 18.7 Å². The second-order valence-corrected chi connectivity index (χ2v) is 7.36. The number of nitrogens with zero attached hydrogens (tertiary/aromatic N) is 2. The van der Waals surface area contributed by atoms with Gasteiger partial charge >= 0.3 is 5.97 Å². The maximum Gasteiger partial charge on any atom is 0.338 e. The summed E-state index contributed by atoms with van der Waals surface area (Å²) in [6, 6.07) is 3.13. The van der Waals surface area contributed by atoms with Crippen molar-refractivity contribution in [1.29, 1.82) is 0 Å². The molecule has 0 saturated carbocycles. The number of hydrogen-bond donors (Lipinski definition) is 1. The van der Waals surface area contributed by atoms with Gasteiger partial charge in [0, 0.05) is 11.7 Å². The van der Waals surface area contributed by atoms with Crippen molar-refractivity contribution in [3.63, 3.8) is 0 Å². The third-order valence-corrected chi connectivity index (χ3v) is 4.99. The predicted molar refractivity (Wildman–Crippen MR) is 104 cm³/mol. The van der Waals surface area contributed by atoms with Crippen molar-refractivity contribution in [2.75, 3.05) is 6.61 Å². The van der Waals surface area contributed by atoms with E-state index in [1.165, 1.54) is 11.8 Å². The highest BCUT2D eigenvalue weighted by atomic mass is 32.2. The van der Waals surface area contributed by atoms with Gasteiger partial charge in [0.25, 0.3) is 0 Å². The topological polar surface area (TPSA) is 84.1 Å². The van der Waals surface area contributed by atoms with Gasteiger partial charge in [-0.25, -0.2) is 9.79 Å². The molecule has 1 amide bonds. The van der Waals surface area contributed by atoms with E-state index in [2.05, 4.69) is 10.3 Å². The summed E-state index contributed by atoms with van der Waals surface area (Å²) in [6.07, 6.45) is 1.76. The van der Waals surface area contributed by atoms with Gasteiger partial charge in [-0.1, -0.05) is 11.8 Å². The summed E-state index contributed by atoms with van der Waals surface area (Å²) in [4.78, 5) is 31.4. The minimum atomic E-state index is -0.514. The van der Waals surface area contributed by atoms with Crippen LogP contribution in [0, 0.1) is 0 Å². The summed E-state index contributed by atoms with van der Waals surface area (Å²) in [5.41, 5.74) is 1.79. The second kappa shape index (κ2) is 8.04. The third kappa shape index (κ3) is 3.95.